The molecule has 1 aromatic heterocycles. The SMILES string of the molecule is C/C(=N\OCC(=O)OCC(=O)c1c(C)[nH]c2ccccc12)c1ccc2c(c1)OCO2. The summed E-state index contributed by atoms with van der Waals surface area (Å²) in [5.74, 6) is 0.347. The van der Waals surface area contributed by atoms with E-state index < -0.39 is 12.6 Å². The number of oxime groups is 1. The van der Waals surface area contributed by atoms with Gasteiger partial charge >= 0.3 is 5.97 Å². The molecule has 1 aliphatic rings. The Morgan fingerprint density at radius 1 is 1.10 bits per heavy atom. The van der Waals surface area contributed by atoms with Gasteiger partial charge in [0.15, 0.2) is 18.1 Å². The van der Waals surface area contributed by atoms with Crippen molar-refractivity contribution in [3.05, 3.63) is 59.3 Å². The number of carbonyl (C=O) groups excluding carboxylic acids is 2. The van der Waals surface area contributed by atoms with Gasteiger partial charge in [-0.1, -0.05) is 23.4 Å². The van der Waals surface area contributed by atoms with E-state index in [-0.39, 0.29) is 19.2 Å². The molecule has 1 N–H and O–H groups in total. The molecule has 0 atom stereocenters. The smallest absolute Gasteiger partial charge is 0.347 e. The van der Waals surface area contributed by atoms with Crippen LogP contribution in [0.25, 0.3) is 10.9 Å². The van der Waals surface area contributed by atoms with Crippen LogP contribution in [0.1, 0.15) is 28.5 Å². The normalized spacial score (nSPS) is 12.8. The maximum atomic E-state index is 12.5. The van der Waals surface area contributed by atoms with E-state index in [9.17, 15) is 9.59 Å². The van der Waals surface area contributed by atoms with Crippen molar-refractivity contribution in [1.29, 1.82) is 0 Å². The second kappa shape index (κ2) is 8.28. The molecule has 0 aliphatic carbocycles. The quantitative estimate of drug-likeness (QED) is 0.279. The van der Waals surface area contributed by atoms with Crippen molar-refractivity contribution in [2.24, 2.45) is 5.16 Å². The fourth-order valence-electron chi connectivity index (χ4n) is 3.25. The van der Waals surface area contributed by atoms with Gasteiger partial charge in [-0.05, 0) is 38.1 Å². The van der Waals surface area contributed by atoms with Gasteiger partial charge in [-0.15, -0.1) is 0 Å². The van der Waals surface area contributed by atoms with Crippen LogP contribution >= 0.6 is 0 Å². The van der Waals surface area contributed by atoms with E-state index in [1.807, 2.05) is 37.3 Å². The Morgan fingerprint density at radius 3 is 2.77 bits per heavy atom. The minimum atomic E-state index is -0.678. The van der Waals surface area contributed by atoms with E-state index in [4.69, 9.17) is 19.0 Å². The van der Waals surface area contributed by atoms with Gasteiger partial charge in [0.1, 0.15) is 0 Å². The molecule has 0 unspecified atom stereocenters. The lowest BCUT2D eigenvalue weighted by Crippen LogP contribution is -2.18. The lowest BCUT2D eigenvalue weighted by molar-refractivity contribution is -0.147. The number of nitrogens with one attached hydrogen (secondary N) is 1. The van der Waals surface area contributed by atoms with Crippen molar-refractivity contribution in [3.8, 4) is 11.5 Å². The first-order chi connectivity index (χ1) is 14.5. The van der Waals surface area contributed by atoms with Crippen molar-refractivity contribution >= 4 is 28.4 Å². The fraction of sp³-hybridized carbons (Fsp3) is 0.227. The monoisotopic (exact) mass is 408 g/mol. The van der Waals surface area contributed by atoms with Crippen LogP contribution in [-0.2, 0) is 14.4 Å². The van der Waals surface area contributed by atoms with Crippen molar-refractivity contribution in [2.45, 2.75) is 13.8 Å². The van der Waals surface area contributed by atoms with E-state index in [1.54, 1.807) is 19.1 Å². The average Bonchev–Trinajstić information content (AvgIpc) is 3.34. The number of esters is 1. The Kier molecular flexibility index (Phi) is 5.38. The lowest BCUT2D eigenvalue weighted by atomic mass is 10.1. The van der Waals surface area contributed by atoms with Gasteiger partial charge in [0.2, 0.25) is 19.2 Å². The Hall–Kier alpha value is -3.81. The van der Waals surface area contributed by atoms with Crippen molar-refractivity contribution in [3.63, 3.8) is 0 Å². The van der Waals surface area contributed by atoms with Crippen molar-refractivity contribution in [1.82, 2.24) is 4.98 Å². The van der Waals surface area contributed by atoms with Crippen LogP contribution in [0.3, 0.4) is 0 Å². The molecule has 0 saturated carbocycles. The van der Waals surface area contributed by atoms with Gasteiger partial charge in [0, 0.05) is 27.7 Å². The zero-order valence-corrected chi connectivity index (χ0v) is 16.6. The van der Waals surface area contributed by atoms with Crippen LogP contribution in [0.2, 0.25) is 0 Å². The maximum absolute atomic E-state index is 12.5. The Morgan fingerprint density at radius 2 is 1.90 bits per heavy atom. The number of hydrogen-bond acceptors (Lipinski definition) is 7. The number of para-hydroxylation sites is 1. The first kappa shape index (κ1) is 19.5. The minimum Gasteiger partial charge on any atom is -0.455 e. The third-order valence-electron chi connectivity index (χ3n) is 4.71. The number of aromatic nitrogens is 1. The number of benzene rings is 2. The van der Waals surface area contributed by atoms with Gasteiger partial charge in [0.05, 0.1) is 5.71 Å². The number of H-pyrrole nitrogens is 1. The number of hydrogen-bond donors (Lipinski definition) is 1. The van der Waals surface area contributed by atoms with Crippen molar-refractivity contribution in [2.75, 3.05) is 20.0 Å². The molecule has 3 aromatic rings. The first-order valence-electron chi connectivity index (χ1n) is 9.35. The van der Waals surface area contributed by atoms with Gasteiger partial charge in [-0.25, -0.2) is 4.79 Å². The average molecular weight is 408 g/mol. The molecule has 0 spiro atoms. The van der Waals surface area contributed by atoms with Gasteiger partial charge in [-0.2, -0.15) is 0 Å². The predicted octanol–water partition coefficient (Wildman–Crippen LogP) is 3.37. The molecule has 2 heterocycles. The third kappa shape index (κ3) is 3.98. The standard InChI is InChI=1S/C22H20N2O6/c1-13(15-7-8-19-20(9-15)29-12-28-19)24-30-11-21(26)27-10-18(25)22-14(2)23-17-6-4-3-5-16(17)22/h3-9,23H,10-12H2,1-2H3/b24-13+. The highest BCUT2D eigenvalue weighted by atomic mass is 16.7. The number of ether oxygens (including phenoxy) is 3. The number of nitrogens with zero attached hydrogens (tertiary/aromatic N) is 1. The first-order valence-corrected chi connectivity index (χ1v) is 9.35. The van der Waals surface area contributed by atoms with Crippen LogP contribution < -0.4 is 9.47 Å². The van der Waals surface area contributed by atoms with Gasteiger partial charge < -0.3 is 24.0 Å². The largest absolute Gasteiger partial charge is 0.455 e. The summed E-state index contributed by atoms with van der Waals surface area (Å²) in [4.78, 5) is 32.7. The summed E-state index contributed by atoms with van der Waals surface area (Å²) in [6.45, 7) is 2.98. The van der Waals surface area contributed by atoms with Gasteiger partial charge in [-0.3, -0.25) is 4.79 Å². The fourth-order valence-corrected chi connectivity index (χ4v) is 3.25. The maximum Gasteiger partial charge on any atom is 0.347 e. The van der Waals surface area contributed by atoms with Crippen LogP contribution in [0.5, 0.6) is 11.5 Å². The number of aromatic amines is 1. The Balaban J connectivity index is 1.30. The van der Waals surface area contributed by atoms with Crippen LogP contribution in [0.15, 0.2) is 47.6 Å². The molecule has 8 heteroatoms. The van der Waals surface area contributed by atoms with E-state index in [0.29, 0.717) is 22.8 Å². The number of carbonyl (C=O) groups is 2. The third-order valence-corrected chi connectivity index (χ3v) is 4.71. The number of fused-ring (bicyclic) bond motifs is 2. The molecule has 30 heavy (non-hydrogen) atoms. The zero-order valence-electron chi connectivity index (χ0n) is 16.6. The minimum absolute atomic E-state index is 0.189. The molecule has 0 fully saturated rings. The van der Waals surface area contributed by atoms with E-state index >= 15 is 0 Å². The number of rotatable bonds is 7. The summed E-state index contributed by atoms with van der Waals surface area (Å²) >= 11 is 0. The highest BCUT2D eigenvalue weighted by Crippen LogP contribution is 2.32. The molecule has 0 amide bonds. The second-order valence-electron chi connectivity index (χ2n) is 6.77. The zero-order chi connectivity index (χ0) is 21.1. The topological polar surface area (TPSA) is 99.2 Å². The van der Waals surface area contributed by atoms with Gasteiger partial charge in [0.25, 0.3) is 0 Å². The summed E-state index contributed by atoms with van der Waals surface area (Å²) in [5.41, 5.74) is 3.46. The molecular formula is C22H20N2O6. The number of ketones is 1. The van der Waals surface area contributed by atoms with Crippen LogP contribution in [0, 0.1) is 6.92 Å². The molecule has 8 nitrogen and oxygen atoms in total. The summed E-state index contributed by atoms with van der Waals surface area (Å²) in [5, 5.41) is 4.72. The highest BCUT2D eigenvalue weighted by molar-refractivity contribution is 6.10. The summed E-state index contributed by atoms with van der Waals surface area (Å²) < 4.78 is 15.6. The molecular weight excluding hydrogens is 388 g/mol. The molecule has 0 saturated heterocycles. The highest BCUT2D eigenvalue weighted by Gasteiger charge is 2.18. The number of aryl methyl sites for hydroxylation is 1. The van der Waals surface area contributed by atoms with Crippen molar-refractivity contribution < 1.29 is 28.6 Å². The molecule has 0 bridgehead atoms. The van der Waals surface area contributed by atoms with E-state index in [0.717, 1.165) is 22.2 Å². The molecule has 1 aliphatic heterocycles. The van der Waals surface area contributed by atoms with E-state index in [1.165, 1.54) is 0 Å². The lowest BCUT2D eigenvalue weighted by Gasteiger charge is -2.05. The van der Waals surface area contributed by atoms with E-state index in [2.05, 4.69) is 10.1 Å². The summed E-state index contributed by atoms with van der Waals surface area (Å²) in [6.07, 6.45) is 0. The molecule has 2 aromatic carbocycles. The molecule has 154 valence electrons. The van der Waals surface area contributed by atoms with Crippen LogP contribution in [-0.4, -0.2) is 42.5 Å². The number of Topliss-reactive ketones (excluding diaryl/α,β-unsaturated/α-hetero) is 1. The molecule has 4 rings (SSSR count). The molecule has 0 radical (unpaired) electrons. The summed E-state index contributed by atoms with van der Waals surface area (Å²) in [7, 11) is 0. The van der Waals surface area contributed by atoms with Crippen LogP contribution in [0.4, 0.5) is 0 Å². The second-order valence-corrected chi connectivity index (χ2v) is 6.77. The summed E-state index contributed by atoms with van der Waals surface area (Å²) in [6, 6.07) is 12.9. The Labute approximate surface area is 172 Å². The predicted molar refractivity (Wildman–Crippen MR) is 109 cm³/mol. The Bertz CT molecular complexity index is 1150.